The fraction of sp³-hybridized carbons (Fsp3) is 0.294. The van der Waals surface area contributed by atoms with E-state index in [-0.39, 0.29) is 5.91 Å². The molecule has 0 aliphatic carbocycles. The quantitative estimate of drug-likeness (QED) is 0.843. The third-order valence-corrected chi connectivity index (χ3v) is 4.71. The molecule has 0 radical (unpaired) electrons. The van der Waals surface area contributed by atoms with Gasteiger partial charge in [0.25, 0.3) is 0 Å². The van der Waals surface area contributed by atoms with E-state index in [9.17, 15) is 4.79 Å². The normalized spacial score (nSPS) is 15.0. The SMILES string of the molecule is Cc1nc(C=CC(=O)Nc2cccc(Cl)c2N2CCOCC2)cs1. The predicted molar refractivity (Wildman–Crippen MR) is 99.0 cm³/mol. The first-order chi connectivity index (χ1) is 11.6. The highest BCUT2D eigenvalue weighted by Gasteiger charge is 2.18. The first-order valence-corrected chi connectivity index (χ1v) is 8.91. The molecule has 1 amide bonds. The molecule has 1 saturated heterocycles. The second-order valence-corrected chi connectivity index (χ2v) is 6.82. The third kappa shape index (κ3) is 4.14. The number of carbonyl (C=O) groups is 1. The summed E-state index contributed by atoms with van der Waals surface area (Å²) in [7, 11) is 0. The van der Waals surface area contributed by atoms with E-state index in [4.69, 9.17) is 16.3 Å². The maximum Gasteiger partial charge on any atom is 0.248 e. The molecule has 2 aromatic rings. The van der Waals surface area contributed by atoms with Crippen LogP contribution in [0.5, 0.6) is 0 Å². The van der Waals surface area contributed by atoms with Crippen LogP contribution in [0, 0.1) is 6.92 Å². The van der Waals surface area contributed by atoms with Gasteiger partial charge in [-0.2, -0.15) is 0 Å². The summed E-state index contributed by atoms with van der Waals surface area (Å²) in [5.41, 5.74) is 2.33. The highest BCUT2D eigenvalue weighted by atomic mass is 35.5. The van der Waals surface area contributed by atoms with Crippen LogP contribution in [0.1, 0.15) is 10.7 Å². The number of hydrogen-bond donors (Lipinski definition) is 1. The van der Waals surface area contributed by atoms with Gasteiger partial charge in [0.05, 0.1) is 40.3 Å². The summed E-state index contributed by atoms with van der Waals surface area (Å²) >= 11 is 7.91. The zero-order chi connectivity index (χ0) is 16.9. The van der Waals surface area contributed by atoms with Crippen LogP contribution in [0.3, 0.4) is 0 Å². The van der Waals surface area contributed by atoms with Crippen molar-refractivity contribution in [2.45, 2.75) is 6.92 Å². The minimum atomic E-state index is -0.211. The molecule has 1 fully saturated rings. The second-order valence-electron chi connectivity index (χ2n) is 5.35. The Balaban J connectivity index is 1.75. The number of morpholine rings is 1. The highest BCUT2D eigenvalue weighted by molar-refractivity contribution is 7.09. The molecule has 0 spiro atoms. The number of rotatable bonds is 4. The van der Waals surface area contributed by atoms with Gasteiger partial charge in [-0.3, -0.25) is 4.79 Å². The third-order valence-electron chi connectivity index (χ3n) is 3.61. The van der Waals surface area contributed by atoms with Crippen LogP contribution < -0.4 is 10.2 Å². The van der Waals surface area contributed by atoms with Crippen LogP contribution in [0.4, 0.5) is 11.4 Å². The van der Waals surface area contributed by atoms with Gasteiger partial charge in [0, 0.05) is 24.5 Å². The molecule has 5 nitrogen and oxygen atoms in total. The van der Waals surface area contributed by atoms with Crippen LogP contribution >= 0.6 is 22.9 Å². The zero-order valence-corrected chi connectivity index (χ0v) is 14.9. The number of carbonyl (C=O) groups excluding carboxylic acids is 1. The van der Waals surface area contributed by atoms with Crippen LogP contribution in [0.15, 0.2) is 29.7 Å². The molecule has 7 heteroatoms. The number of aryl methyl sites for hydroxylation is 1. The van der Waals surface area contributed by atoms with Gasteiger partial charge in [0.1, 0.15) is 0 Å². The van der Waals surface area contributed by atoms with Crippen molar-refractivity contribution in [3.05, 3.63) is 45.4 Å². The van der Waals surface area contributed by atoms with E-state index in [1.807, 2.05) is 30.5 Å². The molecular weight excluding hydrogens is 346 g/mol. The van der Waals surface area contributed by atoms with Crippen molar-refractivity contribution in [1.29, 1.82) is 0 Å². The van der Waals surface area contributed by atoms with Gasteiger partial charge in [-0.05, 0) is 25.1 Å². The number of amides is 1. The summed E-state index contributed by atoms with van der Waals surface area (Å²) in [5, 5.41) is 6.41. The molecule has 0 bridgehead atoms. The minimum Gasteiger partial charge on any atom is -0.378 e. The van der Waals surface area contributed by atoms with Crippen LogP contribution in [0.2, 0.25) is 5.02 Å². The first kappa shape index (κ1) is 17.0. The van der Waals surface area contributed by atoms with Crippen molar-refractivity contribution < 1.29 is 9.53 Å². The number of para-hydroxylation sites is 1. The van der Waals surface area contributed by atoms with Crippen LogP contribution in [-0.2, 0) is 9.53 Å². The second kappa shape index (κ2) is 7.79. The largest absolute Gasteiger partial charge is 0.378 e. The summed E-state index contributed by atoms with van der Waals surface area (Å²) in [6.07, 6.45) is 3.19. The Bertz CT molecular complexity index is 754. The fourth-order valence-electron chi connectivity index (χ4n) is 2.52. The number of anilines is 2. The number of aromatic nitrogens is 1. The number of hydrogen-bond acceptors (Lipinski definition) is 5. The molecule has 1 aliphatic heterocycles. The standard InChI is InChI=1S/C17H18ClN3O2S/c1-12-19-13(11-24-12)5-6-16(22)20-15-4-2-3-14(18)17(15)21-7-9-23-10-8-21/h2-6,11H,7-10H2,1H3,(H,20,22). The maximum absolute atomic E-state index is 12.2. The van der Waals surface area contributed by atoms with E-state index in [1.165, 1.54) is 6.08 Å². The summed E-state index contributed by atoms with van der Waals surface area (Å²) in [4.78, 5) is 18.7. The van der Waals surface area contributed by atoms with Crippen LogP contribution in [0.25, 0.3) is 6.08 Å². The molecule has 24 heavy (non-hydrogen) atoms. The van der Waals surface area contributed by atoms with Gasteiger partial charge in [-0.25, -0.2) is 4.98 Å². The lowest BCUT2D eigenvalue weighted by Crippen LogP contribution is -2.37. The van der Waals surface area contributed by atoms with Crippen LogP contribution in [-0.4, -0.2) is 37.2 Å². The molecule has 0 saturated carbocycles. The monoisotopic (exact) mass is 363 g/mol. The Morgan fingerprint density at radius 2 is 2.21 bits per heavy atom. The van der Waals surface area contributed by atoms with Gasteiger partial charge < -0.3 is 15.0 Å². The van der Waals surface area contributed by atoms with Crippen molar-refractivity contribution in [2.75, 3.05) is 36.5 Å². The van der Waals surface area contributed by atoms with Crippen molar-refractivity contribution in [2.24, 2.45) is 0 Å². The number of nitrogens with zero attached hydrogens (tertiary/aromatic N) is 2. The summed E-state index contributed by atoms with van der Waals surface area (Å²) in [5.74, 6) is -0.211. The number of ether oxygens (including phenoxy) is 1. The Kier molecular flexibility index (Phi) is 5.50. The van der Waals surface area contributed by atoms with E-state index in [1.54, 1.807) is 17.4 Å². The Labute approximate surface area is 149 Å². The lowest BCUT2D eigenvalue weighted by Gasteiger charge is -2.31. The average molecular weight is 364 g/mol. The summed E-state index contributed by atoms with van der Waals surface area (Å²) in [6.45, 7) is 4.74. The molecule has 1 aromatic heterocycles. The van der Waals surface area contributed by atoms with Gasteiger partial charge >= 0.3 is 0 Å². The van der Waals surface area contributed by atoms with Crippen molar-refractivity contribution >= 4 is 46.3 Å². The van der Waals surface area contributed by atoms with Crippen molar-refractivity contribution in [1.82, 2.24) is 4.98 Å². The minimum absolute atomic E-state index is 0.211. The Hall–Kier alpha value is -1.89. The molecule has 1 aromatic carbocycles. The van der Waals surface area contributed by atoms with E-state index in [0.29, 0.717) is 23.9 Å². The Morgan fingerprint density at radius 3 is 2.92 bits per heavy atom. The van der Waals surface area contributed by atoms with Crippen molar-refractivity contribution in [3.8, 4) is 0 Å². The fourth-order valence-corrected chi connectivity index (χ4v) is 3.39. The Morgan fingerprint density at radius 1 is 1.42 bits per heavy atom. The molecule has 2 heterocycles. The number of thiazole rings is 1. The van der Waals surface area contributed by atoms with Crippen molar-refractivity contribution in [3.63, 3.8) is 0 Å². The molecule has 126 valence electrons. The number of nitrogens with one attached hydrogen (secondary N) is 1. The number of halogens is 1. The van der Waals surface area contributed by atoms with Gasteiger partial charge in [-0.1, -0.05) is 17.7 Å². The maximum atomic E-state index is 12.2. The summed E-state index contributed by atoms with van der Waals surface area (Å²) in [6, 6.07) is 5.51. The molecule has 0 atom stereocenters. The molecule has 1 aliphatic rings. The smallest absolute Gasteiger partial charge is 0.248 e. The van der Waals surface area contributed by atoms with E-state index >= 15 is 0 Å². The summed E-state index contributed by atoms with van der Waals surface area (Å²) < 4.78 is 5.38. The van der Waals surface area contributed by atoms with Gasteiger partial charge in [0.2, 0.25) is 5.91 Å². The molecular formula is C17H18ClN3O2S. The average Bonchev–Trinajstić information content (AvgIpc) is 2.99. The number of benzene rings is 1. The highest BCUT2D eigenvalue weighted by Crippen LogP contribution is 2.34. The lowest BCUT2D eigenvalue weighted by atomic mass is 10.2. The van der Waals surface area contributed by atoms with Gasteiger partial charge in [-0.15, -0.1) is 11.3 Å². The van der Waals surface area contributed by atoms with Gasteiger partial charge in [0.15, 0.2) is 0 Å². The first-order valence-electron chi connectivity index (χ1n) is 7.66. The lowest BCUT2D eigenvalue weighted by molar-refractivity contribution is -0.111. The molecule has 0 unspecified atom stereocenters. The van der Waals surface area contributed by atoms with E-state index in [0.717, 1.165) is 29.5 Å². The van der Waals surface area contributed by atoms with E-state index < -0.39 is 0 Å². The topological polar surface area (TPSA) is 54.5 Å². The predicted octanol–water partition coefficient (Wildman–Crippen LogP) is 3.59. The van der Waals surface area contributed by atoms with E-state index in [2.05, 4.69) is 15.2 Å². The molecule has 3 rings (SSSR count). The zero-order valence-electron chi connectivity index (χ0n) is 13.3. The molecule has 1 N–H and O–H groups in total.